The highest BCUT2D eigenvalue weighted by Gasteiger charge is 2.24. The molecule has 3 aromatic carbocycles. The molecule has 1 heterocycles. The van der Waals surface area contributed by atoms with Gasteiger partial charge in [0.2, 0.25) is 11.8 Å². The van der Waals surface area contributed by atoms with Crippen molar-refractivity contribution in [1.29, 1.82) is 0 Å². The first-order valence-corrected chi connectivity index (χ1v) is 11.6. The fourth-order valence-corrected chi connectivity index (χ4v) is 4.35. The molecule has 0 aliphatic heterocycles. The minimum absolute atomic E-state index is 0.176. The molecule has 0 atom stereocenters. The highest BCUT2D eigenvalue weighted by molar-refractivity contribution is 6.30. The summed E-state index contributed by atoms with van der Waals surface area (Å²) in [5.74, 6) is -0.431. The van der Waals surface area contributed by atoms with Crippen LogP contribution in [0.15, 0.2) is 77.9 Å². The highest BCUT2D eigenvalue weighted by atomic mass is 35.5. The van der Waals surface area contributed by atoms with E-state index in [0.29, 0.717) is 40.6 Å². The average Bonchev–Trinajstić information content (AvgIpc) is 2.90. The zero-order valence-corrected chi connectivity index (χ0v) is 19.7. The second kappa shape index (κ2) is 10.00. The molecule has 0 saturated heterocycles. The zero-order valence-electron chi connectivity index (χ0n) is 19.0. The molecule has 1 aliphatic rings. The summed E-state index contributed by atoms with van der Waals surface area (Å²) in [7, 11) is 0. The van der Waals surface area contributed by atoms with E-state index in [1.807, 2.05) is 42.5 Å². The fraction of sp³-hybridized carbons (Fsp3) is 0.111. The number of carbonyl (C=O) groups excluding carboxylic acids is 2. The summed E-state index contributed by atoms with van der Waals surface area (Å²) in [6.07, 6.45) is 1.40. The lowest BCUT2D eigenvalue weighted by Gasteiger charge is -2.21. The maximum absolute atomic E-state index is 12.9. The number of amides is 2. The Morgan fingerprint density at radius 3 is 2.50 bits per heavy atom. The number of azide groups is 1. The van der Waals surface area contributed by atoms with Gasteiger partial charge >= 0.3 is 0 Å². The topological polar surface area (TPSA) is 121 Å². The number of benzene rings is 3. The molecule has 0 radical (unpaired) electrons. The molecular formula is C27H19ClN6O2. The standard InChI is InChI=1S/C27H19ClN6O2/c28-20-10-6-16(7-11-20)14-23(35)31-26-24(17-4-2-1-3-5-17)32-25-21-12-8-19(27(36)33-34-29)15-18(21)9-13-22(25)30-26/h1-8,10-12,15H,9,13-14H2,(H,30,31,35). The van der Waals surface area contributed by atoms with Crippen molar-refractivity contribution in [1.82, 2.24) is 9.97 Å². The van der Waals surface area contributed by atoms with Crippen molar-refractivity contribution < 1.29 is 9.59 Å². The number of hydrogen-bond donors (Lipinski definition) is 1. The van der Waals surface area contributed by atoms with Crippen LogP contribution in [0.2, 0.25) is 5.02 Å². The summed E-state index contributed by atoms with van der Waals surface area (Å²) in [6, 6.07) is 21.8. The van der Waals surface area contributed by atoms with Crippen LogP contribution < -0.4 is 5.32 Å². The van der Waals surface area contributed by atoms with Crippen molar-refractivity contribution in [2.45, 2.75) is 19.3 Å². The lowest BCUT2D eigenvalue weighted by atomic mass is 9.90. The summed E-state index contributed by atoms with van der Waals surface area (Å²) in [5, 5.41) is 6.74. The van der Waals surface area contributed by atoms with Crippen molar-refractivity contribution in [3.8, 4) is 22.5 Å². The van der Waals surface area contributed by atoms with Crippen molar-refractivity contribution >= 4 is 29.2 Å². The van der Waals surface area contributed by atoms with E-state index in [2.05, 4.69) is 15.3 Å². The molecule has 0 spiro atoms. The molecule has 9 heteroatoms. The van der Waals surface area contributed by atoms with Gasteiger partial charge in [0, 0.05) is 26.6 Å². The summed E-state index contributed by atoms with van der Waals surface area (Å²) in [4.78, 5) is 37.3. The van der Waals surface area contributed by atoms with E-state index in [4.69, 9.17) is 27.1 Å². The molecule has 0 unspecified atom stereocenters. The molecule has 0 fully saturated rings. The van der Waals surface area contributed by atoms with Crippen LogP contribution in [0.3, 0.4) is 0 Å². The van der Waals surface area contributed by atoms with Gasteiger partial charge in [0.15, 0.2) is 5.82 Å². The number of anilines is 1. The fourth-order valence-electron chi connectivity index (χ4n) is 4.22. The van der Waals surface area contributed by atoms with Gasteiger partial charge < -0.3 is 5.32 Å². The number of carbonyl (C=O) groups is 2. The molecule has 1 aromatic heterocycles. The van der Waals surface area contributed by atoms with Gasteiger partial charge in [-0.05, 0) is 52.8 Å². The van der Waals surface area contributed by atoms with Crippen molar-refractivity contribution in [2.75, 3.05) is 5.32 Å². The first kappa shape index (κ1) is 23.2. The quantitative estimate of drug-likeness (QED) is 0.202. The normalized spacial score (nSPS) is 11.6. The Labute approximate surface area is 211 Å². The van der Waals surface area contributed by atoms with E-state index in [9.17, 15) is 9.59 Å². The maximum atomic E-state index is 12.9. The van der Waals surface area contributed by atoms with Crippen LogP contribution in [0.1, 0.15) is 27.2 Å². The van der Waals surface area contributed by atoms with E-state index in [-0.39, 0.29) is 12.3 Å². The van der Waals surface area contributed by atoms with Crippen LogP contribution in [-0.4, -0.2) is 21.8 Å². The third-order valence-corrected chi connectivity index (χ3v) is 6.18. The summed E-state index contributed by atoms with van der Waals surface area (Å²) >= 11 is 5.95. The van der Waals surface area contributed by atoms with Gasteiger partial charge in [-0.1, -0.05) is 66.2 Å². The first-order valence-electron chi connectivity index (χ1n) is 11.2. The molecule has 0 saturated carbocycles. The summed E-state index contributed by atoms with van der Waals surface area (Å²) < 4.78 is 0. The first-order chi connectivity index (χ1) is 17.5. The molecule has 36 heavy (non-hydrogen) atoms. The van der Waals surface area contributed by atoms with Crippen LogP contribution in [0, 0.1) is 0 Å². The van der Waals surface area contributed by atoms with Crippen LogP contribution in [-0.2, 0) is 24.1 Å². The second-order valence-electron chi connectivity index (χ2n) is 8.30. The smallest absolute Gasteiger partial charge is 0.249 e. The van der Waals surface area contributed by atoms with Crippen LogP contribution in [0.25, 0.3) is 33.0 Å². The van der Waals surface area contributed by atoms with Crippen molar-refractivity contribution in [2.24, 2.45) is 5.11 Å². The predicted octanol–water partition coefficient (Wildman–Crippen LogP) is 6.19. The average molecular weight is 495 g/mol. The lowest BCUT2D eigenvalue weighted by Crippen LogP contribution is -2.19. The second-order valence-corrected chi connectivity index (χ2v) is 8.74. The van der Waals surface area contributed by atoms with E-state index in [0.717, 1.165) is 27.9 Å². The molecule has 0 bridgehead atoms. The van der Waals surface area contributed by atoms with Gasteiger partial charge in [-0.3, -0.25) is 9.59 Å². The van der Waals surface area contributed by atoms with E-state index in [1.165, 1.54) is 0 Å². The molecule has 2 amide bonds. The van der Waals surface area contributed by atoms with Gasteiger partial charge in [0.05, 0.1) is 17.8 Å². The van der Waals surface area contributed by atoms with Crippen LogP contribution >= 0.6 is 11.6 Å². The highest BCUT2D eigenvalue weighted by Crippen LogP contribution is 2.36. The predicted molar refractivity (Wildman–Crippen MR) is 138 cm³/mol. The number of aromatic nitrogens is 2. The largest absolute Gasteiger partial charge is 0.309 e. The summed E-state index contributed by atoms with van der Waals surface area (Å²) in [5.41, 5.74) is 14.4. The van der Waals surface area contributed by atoms with Gasteiger partial charge in [0.25, 0.3) is 0 Å². The van der Waals surface area contributed by atoms with Crippen molar-refractivity contribution in [3.05, 3.63) is 111 Å². The van der Waals surface area contributed by atoms with Crippen LogP contribution in [0.5, 0.6) is 0 Å². The van der Waals surface area contributed by atoms with E-state index >= 15 is 0 Å². The Morgan fingerprint density at radius 2 is 1.75 bits per heavy atom. The maximum Gasteiger partial charge on any atom is 0.249 e. The number of fused-ring (bicyclic) bond motifs is 3. The summed E-state index contributed by atoms with van der Waals surface area (Å²) in [6.45, 7) is 0. The number of halogens is 1. The Kier molecular flexibility index (Phi) is 6.45. The number of aryl methyl sites for hydroxylation is 2. The lowest BCUT2D eigenvalue weighted by molar-refractivity contribution is -0.115. The van der Waals surface area contributed by atoms with Gasteiger partial charge in [-0.25, -0.2) is 9.97 Å². The Bertz CT molecular complexity index is 1530. The third kappa shape index (κ3) is 4.81. The van der Waals surface area contributed by atoms with E-state index < -0.39 is 5.91 Å². The molecule has 1 N–H and O–H groups in total. The monoisotopic (exact) mass is 494 g/mol. The Balaban J connectivity index is 1.53. The van der Waals surface area contributed by atoms with Gasteiger partial charge in [0.1, 0.15) is 5.69 Å². The number of nitrogens with one attached hydrogen (secondary N) is 1. The molecular weight excluding hydrogens is 476 g/mol. The van der Waals surface area contributed by atoms with Gasteiger partial charge in [-0.2, -0.15) is 0 Å². The molecule has 4 aromatic rings. The molecule has 8 nitrogen and oxygen atoms in total. The number of nitrogens with zero attached hydrogens (tertiary/aromatic N) is 5. The van der Waals surface area contributed by atoms with E-state index in [1.54, 1.807) is 30.3 Å². The van der Waals surface area contributed by atoms with Crippen LogP contribution in [0.4, 0.5) is 5.82 Å². The molecule has 176 valence electrons. The zero-order chi connectivity index (χ0) is 25.1. The van der Waals surface area contributed by atoms with Gasteiger partial charge in [-0.15, -0.1) is 0 Å². The molecule has 5 rings (SSSR count). The van der Waals surface area contributed by atoms with Crippen molar-refractivity contribution in [3.63, 3.8) is 0 Å². The molecule has 1 aliphatic carbocycles. The number of hydrogen-bond acceptors (Lipinski definition) is 4. The minimum Gasteiger partial charge on any atom is -0.309 e. The minimum atomic E-state index is -0.624. The Morgan fingerprint density at radius 1 is 0.972 bits per heavy atom. The third-order valence-electron chi connectivity index (χ3n) is 5.93. The Hall–Kier alpha value is -4.52. The SMILES string of the molecule is [N-]=[N+]=NC(=O)c1ccc2c(c1)CCc1nc(NC(=O)Cc3ccc(Cl)cc3)c(-c3ccccc3)nc1-2. The number of rotatable bonds is 5.